The summed E-state index contributed by atoms with van der Waals surface area (Å²) >= 11 is 0. The molecule has 1 amide bonds. The minimum Gasteiger partial charge on any atom is -0.468 e. The number of hydrogen-bond donors (Lipinski definition) is 0. The molecule has 2 aromatic rings. The second-order valence-corrected chi connectivity index (χ2v) is 6.52. The van der Waals surface area contributed by atoms with Crippen LogP contribution in [0.4, 0.5) is 0 Å². The van der Waals surface area contributed by atoms with Crippen molar-refractivity contribution >= 4 is 5.91 Å². The molecule has 0 saturated carbocycles. The summed E-state index contributed by atoms with van der Waals surface area (Å²) in [5.74, 6) is 1.32. The molecule has 5 heteroatoms. The lowest BCUT2D eigenvalue weighted by molar-refractivity contribution is -0.136. The van der Waals surface area contributed by atoms with Crippen molar-refractivity contribution in [2.75, 3.05) is 26.7 Å². The third kappa shape index (κ3) is 4.45. The fraction of sp³-hybridized carbons (Fsp3) is 0.474. The van der Waals surface area contributed by atoms with E-state index in [1.54, 1.807) is 18.7 Å². The van der Waals surface area contributed by atoms with Crippen molar-refractivity contribution in [1.29, 1.82) is 0 Å². The topological polar surface area (TPSA) is 49.6 Å². The predicted molar refractivity (Wildman–Crippen MR) is 92.3 cm³/mol. The molecule has 1 saturated heterocycles. The van der Waals surface area contributed by atoms with Crippen molar-refractivity contribution in [1.82, 2.24) is 14.8 Å². The molecule has 24 heavy (non-hydrogen) atoms. The Balaban J connectivity index is 1.49. The fourth-order valence-corrected chi connectivity index (χ4v) is 3.29. The Morgan fingerprint density at radius 3 is 2.96 bits per heavy atom. The number of nitrogens with zero attached hydrogens (tertiary/aromatic N) is 3. The Hall–Kier alpha value is -2.14. The van der Waals surface area contributed by atoms with Crippen LogP contribution >= 0.6 is 0 Å². The highest BCUT2D eigenvalue weighted by Crippen LogP contribution is 2.20. The monoisotopic (exact) mass is 327 g/mol. The van der Waals surface area contributed by atoms with Crippen LogP contribution in [-0.4, -0.2) is 47.4 Å². The van der Waals surface area contributed by atoms with E-state index in [-0.39, 0.29) is 11.8 Å². The molecule has 0 spiro atoms. The van der Waals surface area contributed by atoms with Gasteiger partial charge in [-0.3, -0.25) is 14.7 Å². The average molecular weight is 327 g/mol. The molecule has 1 fully saturated rings. The predicted octanol–water partition coefficient (Wildman–Crippen LogP) is 2.59. The fourth-order valence-electron chi connectivity index (χ4n) is 3.29. The molecule has 0 aromatic carbocycles. The van der Waals surface area contributed by atoms with Gasteiger partial charge in [0.25, 0.3) is 0 Å². The molecule has 1 atom stereocenters. The first-order chi connectivity index (χ1) is 11.7. The van der Waals surface area contributed by atoms with Crippen LogP contribution in [0.15, 0.2) is 47.3 Å². The maximum Gasteiger partial charge on any atom is 0.226 e. The number of carbonyl (C=O) groups is 1. The summed E-state index contributed by atoms with van der Waals surface area (Å²) in [5, 5.41) is 0. The van der Waals surface area contributed by atoms with Crippen molar-refractivity contribution in [3.63, 3.8) is 0 Å². The Labute approximate surface area is 143 Å². The molecule has 5 nitrogen and oxygen atoms in total. The first-order valence-electron chi connectivity index (χ1n) is 8.61. The average Bonchev–Trinajstić information content (AvgIpc) is 3.13. The van der Waals surface area contributed by atoms with Crippen molar-refractivity contribution in [3.8, 4) is 0 Å². The van der Waals surface area contributed by atoms with Crippen LogP contribution in [0.5, 0.6) is 0 Å². The van der Waals surface area contributed by atoms with E-state index in [1.165, 1.54) is 5.56 Å². The first kappa shape index (κ1) is 16.7. The summed E-state index contributed by atoms with van der Waals surface area (Å²) in [5.41, 5.74) is 1.22. The van der Waals surface area contributed by atoms with E-state index < -0.39 is 0 Å². The SMILES string of the molecule is CN(CCc1ccncc1)C(=O)[C@@H]1CCCN(Cc2ccco2)C1. The van der Waals surface area contributed by atoms with E-state index >= 15 is 0 Å². The van der Waals surface area contributed by atoms with Gasteiger partial charge in [0, 0.05) is 32.5 Å². The number of piperidine rings is 1. The van der Waals surface area contributed by atoms with Crippen molar-refractivity contribution in [3.05, 3.63) is 54.2 Å². The minimum atomic E-state index is 0.0937. The van der Waals surface area contributed by atoms with Crippen molar-refractivity contribution in [2.45, 2.75) is 25.8 Å². The molecule has 0 unspecified atom stereocenters. The van der Waals surface area contributed by atoms with Gasteiger partial charge in [-0.25, -0.2) is 0 Å². The van der Waals surface area contributed by atoms with E-state index in [9.17, 15) is 4.79 Å². The molecule has 0 bridgehead atoms. The third-order valence-electron chi connectivity index (χ3n) is 4.68. The lowest BCUT2D eigenvalue weighted by Crippen LogP contribution is -2.43. The summed E-state index contributed by atoms with van der Waals surface area (Å²) < 4.78 is 5.42. The molecule has 0 radical (unpaired) electrons. The van der Waals surface area contributed by atoms with E-state index in [2.05, 4.69) is 9.88 Å². The molecular formula is C19H25N3O2. The first-order valence-corrected chi connectivity index (χ1v) is 8.61. The molecule has 1 aliphatic rings. The van der Waals surface area contributed by atoms with E-state index in [0.29, 0.717) is 0 Å². The maximum absolute atomic E-state index is 12.7. The van der Waals surface area contributed by atoms with Crippen LogP contribution in [0.3, 0.4) is 0 Å². The van der Waals surface area contributed by atoms with Crippen LogP contribution < -0.4 is 0 Å². The van der Waals surface area contributed by atoms with Gasteiger partial charge in [-0.2, -0.15) is 0 Å². The zero-order valence-corrected chi connectivity index (χ0v) is 14.2. The molecule has 3 rings (SSSR count). The highest BCUT2D eigenvalue weighted by Gasteiger charge is 2.28. The van der Waals surface area contributed by atoms with Gasteiger partial charge in [-0.15, -0.1) is 0 Å². The van der Waals surface area contributed by atoms with Gasteiger partial charge in [0.1, 0.15) is 5.76 Å². The molecule has 1 aliphatic heterocycles. The Morgan fingerprint density at radius 2 is 2.21 bits per heavy atom. The highest BCUT2D eigenvalue weighted by molar-refractivity contribution is 5.78. The summed E-state index contributed by atoms with van der Waals surface area (Å²) in [4.78, 5) is 21.0. The smallest absolute Gasteiger partial charge is 0.226 e. The van der Waals surface area contributed by atoms with Crippen molar-refractivity contribution in [2.24, 2.45) is 5.92 Å². The molecular weight excluding hydrogens is 302 g/mol. The normalized spacial score (nSPS) is 18.5. The number of furan rings is 1. The number of likely N-dealkylation sites (tertiary alicyclic amines) is 1. The van der Waals surface area contributed by atoms with E-state index in [4.69, 9.17) is 4.42 Å². The van der Waals surface area contributed by atoms with Crippen LogP contribution in [0.2, 0.25) is 0 Å². The molecule has 2 aromatic heterocycles. The van der Waals surface area contributed by atoms with E-state index in [0.717, 1.165) is 51.2 Å². The quantitative estimate of drug-likeness (QED) is 0.818. The second-order valence-electron chi connectivity index (χ2n) is 6.52. The zero-order chi connectivity index (χ0) is 16.8. The van der Waals surface area contributed by atoms with Gasteiger partial charge in [-0.1, -0.05) is 0 Å². The lowest BCUT2D eigenvalue weighted by Gasteiger charge is -2.33. The number of likely N-dealkylation sites (N-methyl/N-ethyl adjacent to an activating group) is 1. The Bertz CT molecular complexity index is 627. The number of carbonyl (C=O) groups excluding carboxylic acids is 1. The third-order valence-corrected chi connectivity index (χ3v) is 4.68. The number of amides is 1. The molecule has 3 heterocycles. The highest BCUT2D eigenvalue weighted by atomic mass is 16.3. The number of rotatable bonds is 6. The number of hydrogen-bond acceptors (Lipinski definition) is 4. The van der Waals surface area contributed by atoms with Crippen LogP contribution in [0.1, 0.15) is 24.2 Å². The van der Waals surface area contributed by atoms with Crippen LogP contribution in [0, 0.1) is 5.92 Å². The van der Waals surface area contributed by atoms with Gasteiger partial charge >= 0.3 is 0 Å². The summed E-state index contributed by atoms with van der Waals surface area (Å²) in [6.45, 7) is 3.39. The molecule has 0 N–H and O–H groups in total. The van der Waals surface area contributed by atoms with Crippen LogP contribution in [0.25, 0.3) is 0 Å². The van der Waals surface area contributed by atoms with Gasteiger partial charge in [0.05, 0.1) is 18.7 Å². The summed E-state index contributed by atoms with van der Waals surface area (Å²) in [6.07, 6.45) is 8.21. The summed E-state index contributed by atoms with van der Waals surface area (Å²) in [6, 6.07) is 7.91. The van der Waals surface area contributed by atoms with Crippen LogP contribution in [-0.2, 0) is 17.8 Å². The lowest BCUT2D eigenvalue weighted by atomic mass is 9.96. The largest absolute Gasteiger partial charge is 0.468 e. The van der Waals surface area contributed by atoms with Gasteiger partial charge < -0.3 is 9.32 Å². The van der Waals surface area contributed by atoms with Gasteiger partial charge in [-0.05, 0) is 55.6 Å². The maximum atomic E-state index is 12.7. The molecule has 0 aliphatic carbocycles. The van der Waals surface area contributed by atoms with E-state index in [1.807, 2.05) is 36.2 Å². The van der Waals surface area contributed by atoms with Gasteiger partial charge in [0.15, 0.2) is 0 Å². The number of pyridine rings is 1. The molecule has 128 valence electrons. The Kier molecular flexibility index (Phi) is 5.64. The minimum absolute atomic E-state index is 0.0937. The van der Waals surface area contributed by atoms with Crippen molar-refractivity contribution < 1.29 is 9.21 Å². The van der Waals surface area contributed by atoms with Gasteiger partial charge in [0.2, 0.25) is 5.91 Å². The second kappa shape index (κ2) is 8.11. The number of aromatic nitrogens is 1. The standard InChI is InChI=1S/C19H25N3O2/c1-21(12-8-16-6-9-20-10-7-16)19(23)17-4-2-11-22(14-17)15-18-5-3-13-24-18/h3,5-7,9-10,13,17H,2,4,8,11-12,14-15H2,1H3/t17-/m1/s1. The summed E-state index contributed by atoms with van der Waals surface area (Å²) in [7, 11) is 1.91. The Morgan fingerprint density at radius 1 is 1.38 bits per heavy atom. The zero-order valence-electron chi connectivity index (χ0n) is 14.2.